The fraction of sp³-hybridized carbons (Fsp3) is 0.381. The number of hydrogen-bond donors (Lipinski definition) is 1. The maximum absolute atomic E-state index is 12.5. The molecule has 0 amide bonds. The molecule has 0 radical (unpaired) electrons. The first-order valence-electron chi connectivity index (χ1n) is 8.59. The molecule has 0 spiro atoms. The van der Waals surface area contributed by atoms with Crippen LogP contribution in [0.25, 0.3) is 0 Å². The van der Waals surface area contributed by atoms with Gasteiger partial charge in [0.25, 0.3) is 0 Å². The molecule has 2 rings (SSSR count). The number of carbonyl (C=O) groups is 1. The van der Waals surface area contributed by atoms with Crippen LogP contribution in [0, 0.1) is 5.92 Å². The monoisotopic (exact) mass is 422 g/mol. The SMILES string of the molecule is COC(=O)[C@](C)([Se]c1ccccc1)[C@@H](O)[C@@H](C)COCc1ccccc1. The molecule has 0 fully saturated rings. The Hall–Kier alpha value is -1.65. The number of rotatable bonds is 9. The summed E-state index contributed by atoms with van der Waals surface area (Å²) in [5.74, 6) is -0.586. The van der Waals surface area contributed by atoms with Gasteiger partial charge in [0.15, 0.2) is 0 Å². The van der Waals surface area contributed by atoms with E-state index >= 15 is 0 Å². The van der Waals surface area contributed by atoms with Gasteiger partial charge in [-0.1, -0.05) is 0 Å². The summed E-state index contributed by atoms with van der Waals surface area (Å²) in [4.78, 5) is 12.5. The molecule has 1 N–H and O–H groups in total. The van der Waals surface area contributed by atoms with Gasteiger partial charge >= 0.3 is 161 Å². The second kappa shape index (κ2) is 9.88. The van der Waals surface area contributed by atoms with Gasteiger partial charge in [-0.3, -0.25) is 0 Å². The number of aliphatic hydroxyl groups excluding tert-OH is 1. The van der Waals surface area contributed by atoms with Crippen LogP contribution in [0.1, 0.15) is 19.4 Å². The number of hydrogen-bond acceptors (Lipinski definition) is 4. The second-order valence-corrected chi connectivity index (χ2v) is 9.63. The van der Waals surface area contributed by atoms with E-state index in [1.807, 2.05) is 67.6 Å². The summed E-state index contributed by atoms with van der Waals surface area (Å²) in [6, 6.07) is 19.7. The summed E-state index contributed by atoms with van der Waals surface area (Å²) in [5.41, 5.74) is 1.08. The van der Waals surface area contributed by atoms with Crippen molar-refractivity contribution in [3.8, 4) is 0 Å². The number of esters is 1. The van der Waals surface area contributed by atoms with Crippen molar-refractivity contribution < 1.29 is 19.4 Å². The van der Waals surface area contributed by atoms with E-state index in [2.05, 4.69) is 0 Å². The quantitative estimate of drug-likeness (QED) is 0.500. The Bertz CT molecular complexity index is 677. The average Bonchev–Trinajstić information content (AvgIpc) is 2.68. The number of carbonyl (C=O) groups excluding carboxylic acids is 1. The van der Waals surface area contributed by atoms with Crippen molar-refractivity contribution in [2.24, 2.45) is 5.92 Å². The Balaban J connectivity index is 2.02. The number of ether oxygens (including phenoxy) is 2. The van der Waals surface area contributed by atoms with Crippen LogP contribution in [-0.4, -0.2) is 45.9 Å². The molecule has 0 saturated carbocycles. The number of benzene rings is 2. The molecule has 4 nitrogen and oxygen atoms in total. The van der Waals surface area contributed by atoms with E-state index in [9.17, 15) is 9.90 Å². The molecule has 0 aliphatic rings. The molecule has 0 bridgehead atoms. The molecule has 26 heavy (non-hydrogen) atoms. The molecule has 0 saturated heterocycles. The van der Waals surface area contributed by atoms with E-state index in [1.54, 1.807) is 6.92 Å². The third-order valence-electron chi connectivity index (χ3n) is 4.26. The first-order valence-corrected chi connectivity index (χ1v) is 10.3. The summed E-state index contributed by atoms with van der Waals surface area (Å²) in [6.07, 6.45) is -0.856. The predicted octanol–water partition coefficient (Wildman–Crippen LogP) is 2.58. The van der Waals surface area contributed by atoms with Crippen LogP contribution < -0.4 is 4.46 Å². The third kappa shape index (κ3) is 5.42. The van der Waals surface area contributed by atoms with Gasteiger partial charge in [-0.15, -0.1) is 0 Å². The molecular weight excluding hydrogens is 395 g/mol. The van der Waals surface area contributed by atoms with Crippen LogP contribution in [0.15, 0.2) is 60.7 Å². The van der Waals surface area contributed by atoms with Crippen LogP contribution in [0.5, 0.6) is 0 Å². The van der Waals surface area contributed by atoms with Crippen molar-refractivity contribution in [1.29, 1.82) is 0 Å². The maximum atomic E-state index is 12.5. The van der Waals surface area contributed by atoms with Crippen LogP contribution in [0.2, 0.25) is 4.31 Å². The van der Waals surface area contributed by atoms with E-state index < -0.39 is 10.4 Å². The van der Waals surface area contributed by atoms with Crippen molar-refractivity contribution >= 4 is 25.4 Å². The Morgan fingerprint density at radius 1 is 1.12 bits per heavy atom. The Kier molecular flexibility index (Phi) is 7.85. The van der Waals surface area contributed by atoms with E-state index in [-0.39, 0.29) is 26.8 Å². The molecule has 5 heteroatoms. The Morgan fingerprint density at radius 3 is 2.27 bits per heavy atom. The van der Waals surface area contributed by atoms with Gasteiger partial charge in [0.05, 0.1) is 0 Å². The summed E-state index contributed by atoms with van der Waals surface area (Å²) >= 11 is -0.269. The molecule has 0 aromatic heterocycles. The fourth-order valence-electron chi connectivity index (χ4n) is 2.73. The van der Waals surface area contributed by atoms with Crippen molar-refractivity contribution in [2.45, 2.75) is 30.9 Å². The van der Waals surface area contributed by atoms with E-state index in [0.29, 0.717) is 13.2 Å². The number of methoxy groups -OCH3 is 1. The van der Waals surface area contributed by atoms with Gasteiger partial charge in [-0.2, -0.15) is 0 Å². The molecular formula is C21H26O4Se. The average molecular weight is 421 g/mol. The van der Waals surface area contributed by atoms with Crippen molar-refractivity contribution in [3.05, 3.63) is 66.2 Å². The van der Waals surface area contributed by atoms with Gasteiger partial charge in [-0.05, 0) is 0 Å². The van der Waals surface area contributed by atoms with Crippen molar-refractivity contribution in [3.63, 3.8) is 0 Å². The first kappa shape index (κ1) is 20.7. The van der Waals surface area contributed by atoms with Crippen LogP contribution in [0.4, 0.5) is 0 Å². The predicted molar refractivity (Wildman–Crippen MR) is 103 cm³/mol. The van der Waals surface area contributed by atoms with E-state index in [1.165, 1.54) is 7.11 Å². The van der Waals surface area contributed by atoms with Gasteiger partial charge in [0, 0.05) is 0 Å². The molecule has 0 aliphatic heterocycles. The molecule has 0 aliphatic carbocycles. The second-order valence-electron chi connectivity index (χ2n) is 6.44. The van der Waals surface area contributed by atoms with Gasteiger partial charge in [0.2, 0.25) is 0 Å². The zero-order valence-corrected chi connectivity index (χ0v) is 17.1. The molecule has 3 atom stereocenters. The molecule has 140 valence electrons. The summed E-state index contributed by atoms with van der Waals surface area (Å²) in [6.45, 7) is 4.53. The normalized spacial score (nSPS) is 15.7. The van der Waals surface area contributed by atoms with Gasteiger partial charge < -0.3 is 0 Å². The minimum absolute atomic E-state index is 0.201. The summed E-state index contributed by atoms with van der Waals surface area (Å²) < 4.78 is 10.8. The van der Waals surface area contributed by atoms with Crippen LogP contribution in [0.3, 0.4) is 0 Å². The zero-order valence-electron chi connectivity index (χ0n) is 15.4. The van der Waals surface area contributed by atoms with Gasteiger partial charge in [0.1, 0.15) is 0 Å². The van der Waals surface area contributed by atoms with Crippen molar-refractivity contribution in [2.75, 3.05) is 13.7 Å². The number of aliphatic hydroxyl groups is 1. The zero-order chi connectivity index (χ0) is 19.0. The fourth-order valence-corrected chi connectivity index (χ4v) is 5.46. The van der Waals surface area contributed by atoms with Crippen LogP contribution >= 0.6 is 0 Å². The first-order chi connectivity index (χ1) is 12.5. The third-order valence-corrected chi connectivity index (χ3v) is 7.07. The molecule has 0 unspecified atom stereocenters. The van der Waals surface area contributed by atoms with Crippen LogP contribution in [-0.2, 0) is 20.9 Å². The van der Waals surface area contributed by atoms with E-state index in [0.717, 1.165) is 10.0 Å². The summed E-state index contributed by atoms with van der Waals surface area (Å²) in [7, 11) is 1.37. The molecule has 2 aromatic carbocycles. The van der Waals surface area contributed by atoms with Crippen molar-refractivity contribution in [1.82, 2.24) is 0 Å². The summed E-state index contributed by atoms with van der Waals surface area (Å²) in [5, 5.41) is 10.9. The standard InChI is InChI=1S/C21H26O4Se/c1-16(14-25-15-17-10-6-4-7-11-17)19(22)21(2,20(23)24-3)26-18-12-8-5-9-13-18/h4-13,16,19,22H,14-15H2,1-3H3/t16-,19-,21+/m0/s1. The Labute approximate surface area is 161 Å². The van der Waals surface area contributed by atoms with Gasteiger partial charge in [-0.25, -0.2) is 0 Å². The minimum atomic E-state index is -0.974. The molecule has 2 aromatic rings. The molecule has 0 heterocycles. The Morgan fingerprint density at radius 2 is 1.69 bits per heavy atom. The van der Waals surface area contributed by atoms with E-state index in [4.69, 9.17) is 9.47 Å². The topological polar surface area (TPSA) is 55.8 Å².